The minimum absolute atomic E-state index is 0.110. The van der Waals surface area contributed by atoms with Gasteiger partial charge in [-0.25, -0.2) is 8.42 Å². The van der Waals surface area contributed by atoms with E-state index in [-0.39, 0.29) is 16.3 Å². The van der Waals surface area contributed by atoms with Gasteiger partial charge < -0.3 is 10.2 Å². The maximum Gasteiger partial charge on any atom is 0.257 e. The Balaban J connectivity index is 1.60. The predicted octanol–water partition coefficient (Wildman–Crippen LogP) is 4.00. The number of nitrogens with zero attached hydrogens (tertiary/aromatic N) is 2. The molecule has 6 nitrogen and oxygen atoms in total. The van der Waals surface area contributed by atoms with Crippen molar-refractivity contribution in [3.8, 4) is 0 Å². The van der Waals surface area contributed by atoms with E-state index in [4.69, 9.17) is 23.2 Å². The molecule has 4 rings (SSSR count). The summed E-state index contributed by atoms with van der Waals surface area (Å²) in [6, 6.07) is 10.1. The van der Waals surface area contributed by atoms with E-state index < -0.39 is 15.9 Å². The Kier molecular flexibility index (Phi) is 5.16. The molecule has 2 aromatic rings. The van der Waals surface area contributed by atoms with E-state index in [9.17, 15) is 13.2 Å². The zero-order valence-electron chi connectivity index (χ0n) is 15.0. The zero-order chi connectivity index (χ0) is 19.9. The highest BCUT2D eigenvalue weighted by atomic mass is 35.5. The minimum atomic E-state index is -3.34. The molecule has 2 aliphatic heterocycles. The van der Waals surface area contributed by atoms with Crippen molar-refractivity contribution in [2.45, 2.75) is 12.8 Å². The summed E-state index contributed by atoms with van der Waals surface area (Å²) in [5, 5.41) is 3.60. The van der Waals surface area contributed by atoms with Gasteiger partial charge in [0.1, 0.15) is 0 Å². The standard InChI is InChI=1S/C19H19Cl2N3O3S/c20-13-9-14(11-16(10-13)23-5-1-6-23)22-19(25)17-12-15(3-4-18(17)21)24-7-2-8-28(24,26)27/h3-4,9-12H,1-2,5-8H2,(H,22,25). The van der Waals surface area contributed by atoms with Crippen LogP contribution in [0.3, 0.4) is 0 Å². The molecule has 0 aromatic heterocycles. The Morgan fingerprint density at radius 1 is 0.964 bits per heavy atom. The third-order valence-electron chi connectivity index (χ3n) is 4.94. The quantitative estimate of drug-likeness (QED) is 0.781. The second kappa shape index (κ2) is 7.46. The van der Waals surface area contributed by atoms with Gasteiger partial charge in [0.25, 0.3) is 5.91 Å². The number of hydrogen-bond donors (Lipinski definition) is 1. The SMILES string of the molecule is O=C(Nc1cc(Cl)cc(N2CCC2)c1)c1cc(N2CCCS2(=O)=O)ccc1Cl. The Bertz CT molecular complexity index is 1040. The average molecular weight is 440 g/mol. The van der Waals surface area contributed by atoms with Gasteiger partial charge in [0.15, 0.2) is 0 Å². The lowest BCUT2D eigenvalue weighted by molar-refractivity contribution is 0.102. The largest absolute Gasteiger partial charge is 0.371 e. The van der Waals surface area contributed by atoms with Crippen molar-refractivity contribution in [1.29, 1.82) is 0 Å². The number of benzene rings is 2. The maximum absolute atomic E-state index is 12.8. The molecule has 0 spiro atoms. The lowest BCUT2D eigenvalue weighted by Crippen LogP contribution is -2.36. The Morgan fingerprint density at radius 3 is 2.39 bits per heavy atom. The molecule has 28 heavy (non-hydrogen) atoms. The molecule has 0 bridgehead atoms. The number of carbonyl (C=O) groups excluding carboxylic acids is 1. The van der Waals surface area contributed by atoms with Crippen LogP contribution in [0.1, 0.15) is 23.2 Å². The molecule has 2 aliphatic rings. The van der Waals surface area contributed by atoms with Gasteiger partial charge in [-0.2, -0.15) is 0 Å². The number of nitrogens with one attached hydrogen (secondary N) is 1. The second-order valence-electron chi connectivity index (χ2n) is 6.90. The topological polar surface area (TPSA) is 69.7 Å². The van der Waals surface area contributed by atoms with Crippen LogP contribution in [0, 0.1) is 0 Å². The van der Waals surface area contributed by atoms with E-state index in [0.717, 1.165) is 25.2 Å². The van der Waals surface area contributed by atoms with Crippen molar-refractivity contribution in [3.63, 3.8) is 0 Å². The van der Waals surface area contributed by atoms with Crippen LogP contribution in [0.2, 0.25) is 10.0 Å². The smallest absolute Gasteiger partial charge is 0.257 e. The number of carbonyl (C=O) groups is 1. The van der Waals surface area contributed by atoms with Crippen molar-refractivity contribution < 1.29 is 13.2 Å². The highest BCUT2D eigenvalue weighted by Gasteiger charge is 2.29. The van der Waals surface area contributed by atoms with Crippen molar-refractivity contribution >= 4 is 56.2 Å². The lowest BCUT2D eigenvalue weighted by atomic mass is 10.1. The fourth-order valence-corrected chi connectivity index (χ4v) is 5.36. The molecule has 2 heterocycles. The summed E-state index contributed by atoms with van der Waals surface area (Å²) in [4.78, 5) is 15.0. The van der Waals surface area contributed by atoms with Gasteiger partial charge in [-0.1, -0.05) is 23.2 Å². The van der Waals surface area contributed by atoms with E-state index in [1.807, 2.05) is 12.1 Å². The van der Waals surface area contributed by atoms with Gasteiger partial charge in [0, 0.05) is 36.0 Å². The molecule has 1 N–H and O–H groups in total. The molecule has 0 saturated carbocycles. The molecular formula is C19H19Cl2N3O3S. The summed E-state index contributed by atoms with van der Waals surface area (Å²) in [6.45, 7) is 2.33. The number of hydrogen-bond acceptors (Lipinski definition) is 4. The summed E-state index contributed by atoms with van der Waals surface area (Å²) in [5.41, 5.74) is 2.18. The van der Waals surface area contributed by atoms with Gasteiger partial charge in [-0.15, -0.1) is 0 Å². The van der Waals surface area contributed by atoms with E-state index >= 15 is 0 Å². The predicted molar refractivity (Wildman–Crippen MR) is 113 cm³/mol. The van der Waals surface area contributed by atoms with Crippen LogP contribution in [0.15, 0.2) is 36.4 Å². The summed E-state index contributed by atoms with van der Waals surface area (Å²) in [6.07, 6.45) is 1.70. The maximum atomic E-state index is 12.8. The molecule has 0 aliphatic carbocycles. The van der Waals surface area contributed by atoms with E-state index in [1.165, 1.54) is 10.4 Å². The van der Waals surface area contributed by atoms with Crippen LogP contribution in [0.5, 0.6) is 0 Å². The number of halogens is 2. The first-order chi connectivity index (χ1) is 13.3. The molecule has 0 atom stereocenters. The summed E-state index contributed by atoms with van der Waals surface area (Å²) >= 11 is 12.4. The van der Waals surface area contributed by atoms with Crippen molar-refractivity contribution in [3.05, 3.63) is 52.0 Å². The molecule has 1 amide bonds. The van der Waals surface area contributed by atoms with Gasteiger partial charge >= 0.3 is 0 Å². The highest BCUT2D eigenvalue weighted by molar-refractivity contribution is 7.93. The van der Waals surface area contributed by atoms with Gasteiger partial charge in [-0.05, 0) is 49.2 Å². The monoisotopic (exact) mass is 439 g/mol. The van der Waals surface area contributed by atoms with Crippen LogP contribution in [-0.2, 0) is 10.0 Å². The minimum Gasteiger partial charge on any atom is -0.371 e. The zero-order valence-corrected chi connectivity index (χ0v) is 17.3. The summed E-state index contributed by atoms with van der Waals surface area (Å²) in [5.74, 6) is -0.306. The molecular weight excluding hydrogens is 421 g/mol. The third kappa shape index (κ3) is 3.79. The molecule has 2 aromatic carbocycles. The summed E-state index contributed by atoms with van der Waals surface area (Å²) < 4.78 is 25.7. The fraction of sp³-hybridized carbons (Fsp3) is 0.316. The van der Waals surface area contributed by atoms with Gasteiger partial charge in [0.2, 0.25) is 10.0 Å². The first-order valence-electron chi connectivity index (χ1n) is 9.00. The fourth-order valence-electron chi connectivity index (χ4n) is 3.37. The molecule has 148 valence electrons. The van der Waals surface area contributed by atoms with Crippen molar-refractivity contribution in [2.75, 3.05) is 39.9 Å². The molecule has 9 heteroatoms. The molecule has 0 radical (unpaired) electrons. The van der Waals surface area contributed by atoms with Crippen molar-refractivity contribution in [1.82, 2.24) is 0 Å². The number of sulfonamides is 1. The Labute approximate surface area is 174 Å². The van der Waals surface area contributed by atoms with E-state index in [2.05, 4.69) is 10.2 Å². The van der Waals surface area contributed by atoms with Crippen LogP contribution in [-0.4, -0.2) is 39.7 Å². The van der Waals surface area contributed by atoms with Crippen LogP contribution >= 0.6 is 23.2 Å². The van der Waals surface area contributed by atoms with Crippen LogP contribution < -0.4 is 14.5 Å². The first-order valence-corrected chi connectivity index (χ1v) is 11.4. The molecule has 0 unspecified atom stereocenters. The first kappa shape index (κ1) is 19.4. The number of rotatable bonds is 4. The van der Waals surface area contributed by atoms with Crippen LogP contribution in [0.4, 0.5) is 17.1 Å². The number of amides is 1. The summed E-state index contributed by atoms with van der Waals surface area (Å²) in [7, 11) is -3.34. The highest BCUT2D eigenvalue weighted by Crippen LogP contribution is 2.31. The molecule has 2 fully saturated rings. The van der Waals surface area contributed by atoms with E-state index in [0.29, 0.717) is 29.4 Å². The van der Waals surface area contributed by atoms with E-state index in [1.54, 1.807) is 18.2 Å². The lowest BCUT2D eigenvalue weighted by Gasteiger charge is -2.33. The average Bonchev–Trinajstić information content (AvgIpc) is 2.92. The van der Waals surface area contributed by atoms with Crippen LogP contribution in [0.25, 0.3) is 0 Å². The third-order valence-corrected chi connectivity index (χ3v) is 7.36. The normalized spacial score (nSPS) is 18.1. The second-order valence-corrected chi connectivity index (χ2v) is 9.76. The Morgan fingerprint density at radius 2 is 1.75 bits per heavy atom. The van der Waals surface area contributed by atoms with Gasteiger partial charge in [-0.3, -0.25) is 9.10 Å². The van der Waals surface area contributed by atoms with Gasteiger partial charge in [0.05, 0.1) is 22.0 Å². The molecule has 2 saturated heterocycles. The Hall–Kier alpha value is -1.96. The van der Waals surface area contributed by atoms with Crippen molar-refractivity contribution in [2.24, 2.45) is 0 Å². The number of anilines is 3.